The minimum Gasteiger partial charge on any atom is -0.492 e. The smallest absolute Gasteiger partial charge is 0.247 e. The van der Waals surface area contributed by atoms with E-state index < -0.39 is 20.0 Å². The zero-order valence-electron chi connectivity index (χ0n) is 23.3. The van der Waals surface area contributed by atoms with E-state index in [-0.39, 0.29) is 46.5 Å². The average molecular weight is 591 g/mol. The van der Waals surface area contributed by atoms with E-state index in [9.17, 15) is 16.8 Å². The van der Waals surface area contributed by atoms with Crippen molar-refractivity contribution in [1.29, 1.82) is 0 Å². The van der Waals surface area contributed by atoms with Gasteiger partial charge in [0.15, 0.2) is 0 Å². The Morgan fingerprint density at radius 3 is 2.10 bits per heavy atom. The molecule has 12 heteroatoms. The third-order valence-corrected chi connectivity index (χ3v) is 11.8. The molecule has 1 atom stereocenters. The number of nitrogens with zero attached hydrogens (tertiary/aromatic N) is 3. The van der Waals surface area contributed by atoms with Crippen LogP contribution in [0.25, 0.3) is 11.0 Å². The van der Waals surface area contributed by atoms with E-state index in [0.717, 1.165) is 36.1 Å². The molecule has 0 bridgehead atoms. The summed E-state index contributed by atoms with van der Waals surface area (Å²) in [5, 5.41) is 0. The highest BCUT2D eigenvalue weighted by Gasteiger charge is 2.38. The van der Waals surface area contributed by atoms with Crippen LogP contribution in [0.1, 0.15) is 64.6 Å². The Kier molecular flexibility index (Phi) is 8.42. The first-order chi connectivity index (χ1) is 19.2. The molecule has 3 aromatic rings. The first-order valence-electron chi connectivity index (χ1n) is 14.1. The van der Waals surface area contributed by atoms with E-state index in [4.69, 9.17) is 14.5 Å². The minimum absolute atomic E-state index is 0.0219. The van der Waals surface area contributed by atoms with Gasteiger partial charge in [0, 0.05) is 43.7 Å². The molecular formula is C28H38N4O6S2. The van der Waals surface area contributed by atoms with Crippen LogP contribution in [-0.4, -0.2) is 74.3 Å². The number of sulfonamides is 2. The zero-order chi connectivity index (χ0) is 28.5. The monoisotopic (exact) mass is 590 g/mol. The molecule has 5 rings (SSSR count). The van der Waals surface area contributed by atoms with E-state index >= 15 is 0 Å². The fourth-order valence-corrected chi connectivity index (χ4v) is 9.12. The Balaban J connectivity index is 1.45. The summed E-state index contributed by atoms with van der Waals surface area (Å²) >= 11 is 0. The van der Waals surface area contributed by atoms with Gasteiger partial charge in [0.2, 0.25) is 20.0 Å². The average Bonchev–Trinajstić information content (AvgIpc) is 3.38. The van der Waals surface area contributed by atoms with Crippen LogP contribution < -0.4 is 9.47 Å². The summed E-state index contributed by atoms with van der Waals surface area (Å²) in [6.07, 6.45) is 3.75. The van der Waals surface area contributed by atoms with Crippen molar-refractivity contribution in [2.45, 2.75) is 74.6 Å². The molecule has 0 spiro atoms. The SMILES string of the molecule is CCOc1cc(S(=O)(=O)N2CCCC[C@@H]2C)c(OCC)cc1S(=O)(=O)N1CCC(c2nc3ccccc3[nH]2)CC1. The molecule has 2 fully saturated rings. The Labute approximate surface area is 236 Å². The fourth-order valence-electron chi connectivity index (χ4n) is 5.69. The van der Waals surface area contributed by atoms with Gasteiger partial charge in [-0.3, -0.25) is 0 Å². The summed E-state index contributed by atoms with van der Waals surface area (Å²) in [5.74, 6) is 1.03. The molecule has 1 N–H and O–H groups in total. The molecule has 3 heterocycles. The third kappa shape index (κ3) is 5.46. The van der Waals surface area contributed by atoms with Crippen molar-refractivity contribution in [1.82, 2.24) is 18.6 Å². The number of hydrogen-bond acceptors (Lipinski definition) is 7. The number of fused-ring (bicyclic) bond motifs is 1. The summed E-state index contributed by atoms with van der Waals surface area (Å²) in [7, 11) is -7.93. The topological polar surface area (TPSA) is 122 Å². The Bertz CT molecular complexity index is 1530. The quantitative estimate of drug-likeness (QED) is 0.390. The van der Waals surface area contributed by atoms with Gasteiger partial charge in [-0.25, -0.2) is 21.8 Å². The molecular weight excluding hydrogens is 552 g/mol. The van der Waals surface area contributed by atoms with Gasteiger partial charge in [0.1, 0.15) is 27.1 Å². The lowest BCUT2D eigenvalue weighted by atomic mass is 9.97. The number of hydrogen-bond donors (Lipinski definition) is 1. The maximum atomic E-state index is 13.9. The van der Waals surface area contributed by atoms with E-state index in [1.807, 2.05) is 31.2 Å². The number of para-hydroxylation sites is 2. The normalized spacial score (nSPS) is 20.1. The van der Waals surface area contributed by atoms with Gasteiger partial charge in [0.05, 0.1) is 24.2 Å². The second-order valence-electron chi connectivity index (χ2n) is 10.4. The van der Waals surface area contributed by atoms with Crippen molar-refractivity contribution >= 4 is 31.1 Å². The highest BCUT2D eigenvalue weighted by molar-refractivity contribution is 7.89. The summed E-state index contributed by atoms with van der Waals surface area (Å²) in [6, 6.07) is 10.3. The van der Waals surface area contributed by atoms with E-state index in [0.29, 0.717) is 32.5 Å². The predicted octanol–water partition coefficient (Wildman–Crippen LogP) is 4.49. The van der Waals surface area contributed by atoms with E-state index in [2.05, 4.69) is 4.98 Å². The second kappa shape index (κ2) is 11.7. The molecule has 1 aromatic heterocycles. The molecule has 2 saturated heterocycles. The molecule has 0 amide bonds. The third-order valence-electron chi connectivity index (χ3n) is 7.80. The molecule has 10 nitrogen and oxygen atoms in total. The summed E-state index contributed by atoms with van der Waals surface area (Å²) in [6.45, 7) is 6.79. The molecule has 0 saturated carbocycles. The number of benzene rings is 2. The number of piperidine rings is 2. The Morgan fingerprint density at radius 2 is 1.50 bits per heavy atom. The van der Waals surface area contributed by atoms with Crippen LogP contribution in [0.5, 0.6) is 11.5 Å². The van der Waals surface area contributed by atoms with Crippen molar-refractivity contribution in [2.24, 2.45) is 0 Å². The summed E-state index contributed by atoms with van der Waals surface area (Å²) < 4.78 is 69.9. The maximum Gasteiger partial charge on any atom is 0.247 e. The van der Waals surface area contributed by atoms with Crippen LogP contribution in [0.4, 0.5) is 0 Å². The van der Waals surface area contributed by atoms with E-state index in [1.165, 1.54) is 20.7 Å². The van der Waals surface area contributed by atoms with Crippen molar-refractivity contribution in [2.75, 3.05) is 32.8 Å². The molecule has 2 aliphatic heterocycles. The highest BCUT2D eigenvalue weighted by atomic mass is 32.2. The molecule has 0 aliphatic carbocycles. The number of rotatable bonds is 9. The predicted molar refractivity (Wildman–Crippen MR) is 153 cm³/mol. The second-order valence-corrected chi connectivity index (χ2v) is 14.2. The number of aromatic amines is 1. The fraction of sp³-hybridized carbons (Fsp3) is 0.536. The van der Waals surface area contributed by atoms with Crippen molar-refractivity contribution < 1.29 is 26.3 Å². The first-order valence-corrected chi connectivity index (χ1v) is 16.9. The number of nitrogens with one attached hydrogen (secondary N) is 1. The van der Waals surface area contributed by atoms with Crippen LogP contribution in [-0.2, 0) is 20.0 Å². The zero-order valence-corrected chi connectivity index (χ0v) is 24.9. The van der Waals surface area contributed by atoms with Gasteiger partial charge in [0.25, 0.3) is 0 Å². The van der Waals surface area contributed by atoms with Gasteiger partial charge in [-0.15, -0.1) is 0 Å². The summed E-state index contributed by atoms with van der Waals surface area (Å²) in [5.41, 5.74) is 1.86. The minimum atomic E-state index is -3.99. The Hall–Kier alpha value is -2.67. The molecule has 2 aromatic carbocycles. The molecule has 2 aliphatic rings. The van der Waals surface area contributed by atoms with Gasteiger partial charge in [-0.1, -0.05) is 18.6 Å². The molecule has 40 heavy (non-hydrogen) atoms. The van der Waals surface area contributed by atoms with Crippen LogP contribution in [0, 0.1) is 0 Å². The van der Waals surface area contributed by atoms with Gasteiger partial charge < -0.3 is 14.5 Å². The number of H-pyrrole nitrogens is 1. The van der Waals surface area contributed by atoms with Crippen LogP contribution in [0.15, 0.2) is 46.2 Å². The largest absolute Gasteiger partial charge is 0.492 e. The van der Waals surface area contributed by atoms with E-state index in [1.54, 1.807) is 13.8 Å². The lowest BCUT2D eigenvalue weighted by molar-refractivity contribution is 0.265. The number of aromatic nitrogens is 2. The highest BCUT2D eigenvalue weighted by Crippen LogP contribution is 2.40. The van der Waals surface area contributed by atoms with Gasteiger partial charge >= 0.3 is 0 Å². The van der Waals surface area contributed by atoms with Gasteiger partial charge in [-0.05, 0) is 58.6 Å². The van der Waals surface area contributed by atoms with Crippen LogP contribution in [0.2, 0.25) is 0 Å². The lowest BCUT2D eigenvalue weighted by Gasteiger charge is -2.33. The van der Waals surface area contributed by atoms with Gasteiger partial charge in [-0.2, -0.15) is 8.61 Å². The van der Waals surface area contributed by atoms with Crippen molar-refractivity contribution in [3.63, 3.8) is 0 Å². The van der Waals surface area contributed by atoms with Crippen molar-refractivity contribution in [3.8, 4) is 11.5 Å². The summed E-state index contributed by atoms with van der Waals surface area (Å²) in [4.78, 5) is 7.94. The lowest BCUT2D eigenvalue weighted by Crippen LogP contribution is -2.42. The standard InChI is InChI=1S/C28H38N4O6S2/c1-4-37-24-19-27(40(35,36)32-15-9-8-10-20(32)3)25(38-5-2)18-26(24)39(33,34)31-16-13-21(14-17-31)28-29-22-11-6-7-12-23(22)30-28/h6-7,11-12,18-21H,4-5,8-10,13-17H2,1-3H3,(H,29,30)/t20-/m0/s1. The Morgan fingerprint density at radius 1 is 0.875 bits per heavy atom. The number of imidazole rings is 1. The van der Waals surface area contributed by atoms with Crippen LogP contribution >= 0.6 is 0 Å². The van der Waals surface area contributed by atoms with Crippen LogP contribution in [0.3, 0.4) is 0 Å². The molecule has 218 valence electrons. The maximum absolute atomic E-state index is 13.9. The molecule has 0 unspecified atom stereocenters. The first kappa shape index (κ1) is 28.8. The molecule has 0 radical (unpaired) electrons. The number of ether oxygens (including phenoxy) is 2. The van der Waals surface area contributed by atoms with Crippen molar-refractivity contribution in [3.05, 3.63) is 42.2 Å².